The Labute approximate surface area is 176 Å². The summed E-state index contributed by atoms with van der Waals surface area (Å²) >= 11 is 1.58. The monoisotopic (exact) mass is 420 g/mol. The van der Waals surface area contributed by atoms with Crippen LogP contribution in [0.25, 0.3) is 11.8 Å². The molecule has 1 aliphatic heterocycles. The van der Waals surface area contributed by atoms with Crippen molar-refractivity contribution in [3.05, 3.63) is 92.7 Å². The molecule has 152 valence electrons. The van der Waals surface area contributed by atoms with Crippen molar-refractivity contribution in [2.45, 2.75) is 12.8 Å². The Balaban J connectivity index is 1.76. The van der Waals surface area contributed by atoms with Gasteiger partial charge in [-0.1, -0.05) is 30.3 Å². The van der Waals surface area contributed by atoms with Crippen molar-refractivity contribution in [1.29, 1.82) is 0 Å². The molecule has 3 heterocycles. The number of rotatable bonds is 7. The summed E-state index contributed by atoms with van der Waals surface area (Å²) < 4.78 is 1.45. The Morgan fingerprint density at radius 2 is 1.87 bits per heavy atom. The van der Waals surface area contributed by atoms with Gasteiger partial charge < -0.3 is 5.32 Å². The maximum absolute atomic E-state index is 13.2. The minimum absolute atomic E-state index is 0.0906. The molecule has 3 aromatic rings. The Hall–Kier alpha value is -3.65. The highest BCUT2D eigenvalue weighted by atomic mass is 32.1. The number of nitrogens with one attached hydrogen (secondary N) is 2. The van der Waals surface area contributed by atoms with Crippen LogP contribution in [-0.2, 0) is 11.2 Å². The van der Waals surface area contributed by atoms with Crippen LogP contribution < -0.4 is 10.9 Å². The third-order valence-corrected chi connectivity index (χ3v) is 5.64. The van der Waals surface area contributed by atoms with E-state index in [1.165, 1.54) is 10.8 Å². The van der Waals surface area contributed by atoms with Crippen molar-refractivity contribution in [2.75, 3.05) is 6.54 Å². The average Bonchev–Trinajstić information content (AvgIpc) is 3.43. The number of carbonyl (C=O) groups excluding carboxylic acids is 2. The number of para-hydroxylation sites is 1. The van der Waals surface area contributed by atoms with Crippen LogP contribution in [0.15, 0.2) is 71.0 Å². The van der Waals surface area contributed by atoms with Crippen molar-refractivity contribution < 1.29 is 9.59 Å². The van der Waals surface area contributed by atoms with Gasteiger partial charge in [-0.05, 0) is 36.1 Å². The van der Waals surface area contributed by atoms with E-state index in [4.69, 9.17) is 0 Å². The molecule has 3 amide bonds. The number of H-pyrrole nitrogens is 1. The topological polar surface area (TPSA) is 87.2 Å². The zero-order valence-electron chi connectivity index (χ0n) is 16.1. The van der Waals surface area contributed by atoms with Gasteiger partial charge in [-0.25, -0.2) is 9.48 Å². The van der Waals surface area contributed by atoms with E-state index in [0.29, 0.717) is 29.8 Å². The zero-order chi connectivity index (χ0) is 21.1. The van der Waals surface area contributed by atoms with E-state index >= 15 is 0 Å². The summed E-state index contributed by atoms with van der Waals surface area (Å²) in [5.41, 5.74) is 1.51. The minimum atomic E-state index is -0.494. The second-order valence-corrected chi connectivity index (χ2v) is 7.79. The smallest absolute Gasteiger partial charge is 0.303 e. The minimum Gasteiger partial charge on any atom is -0.303 e. The van der Waals surface area contributed by atoms with E-state index in [1.807, 2.05) is 47.8 Å². The fourth-order valence-electron chi connectivity index (χ4n) is 3.26. The lowest BCUT2D eigenvalue weighted by Gasteiger charge is -2.08. The predicted molar refractivity (Wildman–Crippen MR) is 117 cm³/mol. The van der Waals surface area contributed by atoms with Gasteiger partial charge in [0.25, 0.3) is 11.5 Å². The first kappa shape index (κ1) is 19.7. The Bertz CT molecular complexity index is 1170. The average molecular weight is 420 g/mol. The van der Waals surface area contributed by atoms with Crippen LogP contribution >= 0.6 is 11.3 Å². The Morgan fingerprint density at radius 3 is 2.57 bits per heavy atom. The van der Waals surface area contributed by atoms with Crippen LogP contribution in [0.1, 0.15) is 22.6 Å². The van der Waals surface area contributed by atoms with Gasteiger partial charge in [-0.3, -0.25) is 19.6 Å². The highest BCUT2D eigenvalue weighted by molar-refractivity contribution is 7.09. The fourth-order valence-corrected chi connectivity index (χ4v) is 3.98. The number of carbonyl (C=O) groups is 2. The SMILES string of the molecule is C=CCCN1C(=O)NC(=Cc2c(Cc3cccs3)[nH]n(-c3ccccc3)c2=O)C1=O. The molecule has 1 saturated heterocycles. The molecule has 1 fully saturated rings. The first-order valence-electron chi connectivity index (χ1n) is 9.45. The fraction of sp³-hybridized carbons (Fsp3) is 0.136. The highest BCUT2D eigenvalue weighted by Crippen LogP contribution is 2.20. The molecule has 0 atom stereocenters. The quantitative estimate of drug-likeness (QED) is 0.349. The van der Waals surface area contributed by atoms with Gasteiger partial charge in [0.2, 0.25) is 0 Å². The van der Waals surface area contributed by atoms with Gasteiger partial charge in [-0.15, -0.1) is 17.9 Å². The van der Waals surface area contributed by atoms with Gasteiger partial charge in [0.05, 0.1) is 16.9 Å². The molecule has 0 unspecified atom stereocenters. The van der Waals surface area contributed by atoms with Crippen molar-refractivity contribution in [1.82, 2.24) is 20.0 Å². The first-order chi connectivity index (χ1) is 14.6. The third kappa shape index (κ3) is 3.77. The molecule has 8 heteroatoms. The van der Waals surface area contributed by atoms with E-state index < -0.39 is 11.9 Å². The summed E-state index contributed by atoms with van der Waals surface area (Å²) in [6, 6.07) is 12.6. The maximum atomic E-state index is 13.2. The summed E-state index contributed by atoms with van der Waals surface area (Å²) in [7, 11) is 0. The first-order valence-corrected chi connectivity index (χ1v) is 10.3. The van der Waals surface area contributed by atoms with E-state index in [0.717, 1.165) is 9.78 Å². The number of urea groups is 1. The van der Waals surface area contributed by atoms with Crippen LogP contribution in [0.4, 0.5) is 4.79 Å². The number of amides is 3. The second-order valence-electron chi connectivity index (χ2n) is 6.76. The van der Waals surface area contributed by atoms with E-state index in [2.05, 4.69) is 17.0 Å². The molecule has 2 N–H and O–H groups in total. The molecule has 0 radical (unpaired) electrons. The lowest BCUT2D eigenvalue weighted by atomic mass is 10.1. The number of hydrogen-bond acceptors (Lipinski definition) is 4. The molecule has 30 heavy (non-hydrogen) atoms. The third-order valence-electron chi connectivity index (χ3n) is 4.76. The molecule has 0 bridgehead atoms. The van der Waals surface area contributed by atoms with Crippen LogP contribution in [-0.4, -0.2) is 33.2 Å². The molecule has 1 aliphatic rings. The van der Waals surface area contributed by atoms with Gasteiger partial charge in [0, 0.05) is 17.8 Å². The summed E-state index contributed by atoms with van der Waals surface area (Å²) in [5, 5.41) is 7.71. The van der Waals surface area contributed by atoms with Crippen molar-refractivity contribution in [3.63, 3.8) is 0 Å². The van der Waals surface area contributed by atoms with Gasteiger partial charge in [-0.2, -0.15) is 0 Å². The lowest BCUT2D eigenvalue weighted by molar-refractivity contribution is -0.122. The number of imide groups is 1. The normalized spacial score (nSPS) is 15.1. The summed E-state index contributed by atoms with van der Waals surface area (Å²) in [4.78, 5) is 40.2. The lowest BCUT2D eigenvalue weighted by Crippen LogP contribution is -2.31. The number of aromatic amines is 1. The van der Waals surface area contributed by atoms with Gasteiger partial charge >= 0.3 is 6.03 Å². The maximum Gasteiger partial charge on any atom is 0.329 e. The van der Waals surface area contributed by atoms with Crippen LogP contribution in [0.2, 0.25) is 0 Å². The highest BCUT2D eigenvalue weighted by Gasteiger charge is 2.33. The standard InChI is InChI=1S/C22H20N4O3S/c1-2-3-11-25-21(28)19(23-22(25)29)14-17-18(13-16-10-7-12-30-16)24-26(20(17)27)15-8-5-4-6-9-15/h2,4-10,12,14,24H,1,3,11,13H2,(H,23,29). The summed E-state index contributed by atoms with van der Waals surface area (Å²) in [5.74, 6) is -0.448. The Morgan fingerprint density at radius 1 is 1.07 bits per heavy atom. The molecule has 0 spiro atoms. The largest absolute Gasteiger partial charge is 0.329 e. The van der Waals surface area contributed by atoms with Crippen LogP contribution in [0.5, 0.6) is 0 Å². The van der Waals surface area contributed by atoms with E-state index in [9.17, 15) is 14.4 Å². The number of thiophene rings is 1. The van der Waals surface area contributed by atoms with Gasteiger partial charge in [0.15, 0.2) is 0 Å². The molecule has 2 aromatic heterocycles. The zero-order valence-corrected chi connectivity index (χ0v) is 16.9. The number of aromatic nitrogens is 2. The Kier molecular flexibility index (Phi) is 5.49. The molecule has 0 saturated carbocycles. The molecule has 1 aromatic carbocycles. The van der Waals surface area contributed by atoms with E-state index in [1.54, 1.807) is 17.4 Å². The second kappa shape index (κ2) is 8.38. The van der Waals surface area contributed by atoms with Crippen LogP contribution in [0, 0.1) is 0 Å². The molecular weight excluding hydrogens is 400 g/mol. The predicted octanol–water partition coefficient (Wildman–Crippen LogP) is 3.29. The van der Waals surface area contributed by atoms with Crippen molar-refractivity contribution >= 4 is 29.4 Å². The molecule has 7 nitrogen and oxygen atoms in total. The number of nitrogens with zero attached hydrogens (tertiary/aromatic N) is 2. The molecular formula is C22H20N4O3S. The molecule has 0 aliphatic carbocycles. The van der Waals surface area contributed by atoms with Gasteiger partial charge in [0.1, 0.15) is 5.70 Å². The van der Waals surface area contributed by atoms with Crippen molar-refractivity contribution in [3.8, 4) is 5.69 Å². The number of hydrogen-bond donors (Lipinski definition) is 2. The van der Waals surface area contributed by atoms with Crippen molar-refractivity contribution in [2.24, 2.45) is 0 Å². The number of benzene rings is 1. The summed E-state index contributed by atoms with van der Waals surface area (Å²) in [6.45, 7) is 3.86. The summed E-state index contributed by atoms with van der Waals surface area (Å²) in [6.07, 6.45) is 4.12. The molecule has 4 rings (SSSR count). The van der Waals surface area contributed by atoms with Crippen LogP contribution in [0.3, 0.4) is 0 Å². The van der Waals surface area contributed by atoms with E-state index in [-0.39, 0.29) is 17.8 Å².